The summed E-state index contributed by atoms with van der Waals surface area (Å²) in [5, 5.41) is 8.34. The molecule has 1 rings (SSSR count). The van der Waals surface area contributed by atoms with Crippen LogP contribution in [0.1, 0.15) is 11.4 Å². The second-order valence-corrected chi connectivity index (χ2v) is 1.99. The lowest BCUT2D eigenvalue weighted by Crippen LogP contribution is -1.89. The molecule has 1 heterocycles. The molecule has 0 radical (unpaired) electrons. The molecule has 0 bridgehead atoms. The van der Waals surface area contributed by atoms with Gasteiger partial charge in [-0.05, 0) is 12.1 Å². The fourth-order valence-corrected chi connectivity index (χ4v) is 0.739. The Morgan fingerprint density at radius 2 is 2.36 bits per heavy atom. The van der Waals surface area contributed by atoms with E-state index >= 15 is 0 Å². The highest BCUT2D eigenvalue weighted by Crippen LogP contribution is 1.97. The highest BCUT2D eigenvalue weighted by Gasteiger charge is 1.92. The van der Waals surface area contributed by atoms with Crippen LogP contribution in [0.2, 0.25) is 0 Å². The zero-order valence-corrected chi connectivity index (χ0v) is 5.91. The maximum atomic E-state index is 8.34. The third-order valence-corrected chi connectivity index (χ3v) is 1.21. The van der Waals surface area contributed by atoms with E-state index in [1.54, 1.807) is 18.2 Å². The Labute approximate surface area is 65.5 Å². The van der Waals surface area contributed by atoms with Gasteiger partial charge in [0, 0.05) is 0 Å². The zero-order chi connectivity index (χ0) is 8.10. The fourth-order valence-electron chi connectivity index (χ4n) is 0.739. The van der Waals surface area contributed by atoms with Gasteiger partial charge in [0.05, 0.1) is 18.2 Å². The van der Waals surface area contributed by atoms with E-state index in [-0.39, 0.29) is 0 Å². The molecule has 0 saturated heterocycles. The molecule has 0 aliphatic heterocycles. The molecular weight excluding hydrogens is 136 g/mol. The molecule has 2 nitrogen and oxygen atoms in total. The number of pyridine rings is 1. The van der Waals surface area contributed by atoms with E-state index in [4.69, 9.17) is 11.7 Å². The molecule has 0 aliphatic carbocycles. The minimum Gasteiger partial charge on any atom is -0.243 e. The summed E-state index contributed by atoms with van der Waals surface area (Å²) < 4.78 is 0. The van der Waals surface area contributed by atoms with E-state index in [0.29, 0.717) is 12.1 Å². The van der Waals surface area contributed by atoms with Crippen LogP contribution in [0.5, 0.6) is 0 Å². The molecule has 11 heavy (non-hydrogen) atoms. The van der Waals surface area contributed by atoms with Crippen LogP contribution in [0.15, 0.2) is 18.2 Å². The number of aromatic nitrogens is 1. The molecule has 0 saturated carbocycles. The summed E-state index contributed by atoms with van der Waals surface area (Å²) in [6.07, 6.45) is 5.43. The molecule has 0 aromatic carbocycles. The summed E-state index contributed by atoms with van der Waals surface area (Å²) in [7, 11) is 0. The van der Waals surface area contributed by atoms with Crippen LogP contribution in [-0.2, 0) is 6.42 Å². The van der Waals surface area contributed by atoms with Gasteiger partial charge in [-0.3, -0.25) is 0 Å². The van der Waals surface area contributed by atoms with Gasteiger partial charge in [0.2, 0.25) is 0 Å². The van der Waals surface area contributed by atoms with Crippen molar-refractivity contribution in [1.82, 2.24) is 4.98 Å². The predicted octanol–water partition coefficient (Wildman–Crippen LogP) is 1.13. The quantitative estimate of drug-likeness (QED) is 0.551. The monoisotopic (exact) mass is 142 g/mol. The molecule has 1 aromatic heterocycles. The van der Waals surface area contributed by atoms with Crippen molar-refractivity contribution in [2.45, 2.75) is 6.42 Å². The van der Waals surface area contributed by atoms with E-state index in [2.05, 4.69) is 10.9 Å². The Morgan fingerprint density at radius 1 is 1.55 bits per heavy atom. The van der Waals surface area contributed by atoms with E-state index in [1.165, 1.54) is 0 Å². The van der Waals surface area contributed by atoms with Gasteiger partial charge >= 0.3 is 0 Å². The highest BCUT2D eigenvalue weighted by atomic mass is 14.7. The van der Waals surface area contributed by atoms with Crippen LogP contribution in [0, 0.1) is 23.7 Å². The molecule has 1 aromatic rings. The van der Waals surface area contributed by atoms with Crippen LogP contribution in [0.4, 0.5) is 0 Å². The number of hydrogen-bond donors (Lipinski definition) is 0. The van der Waals surface area contributed by atoms with Gasteiger partial charge < -0.3 is 0 Å². The van der Waals surface area contributed by atoms with Crippen molar-refractivity contribution in [2.75, 3.05) is 0 Å². The summed E-state index contributed by atoms with van der Waals surface area (Å²) in [5.74, 6) is 2.41. The Morgan fingerprint density at radius 3 is 3.00 bits per heavy atom. The number of rotatable bonds is 1. The Kier molecular flexibility index (Phi) is 2.25. The molecule has 0 spiro atoms. The highest BCUT2D eigenvalue weighted by molar-refractivity contribution is 5.26. The first-order valence-corrected chi connectivity index (χ1v) is 3.16. The summed E-state index contributed by atoms with van der Waals surface area (Å²) in [6, 6.07) is 7.32. The van der Waals surface area contributed by atoms with Gasteiger partial charge in [0.25, 0.3) is 0 Å². The second-order valence-electron chi connectivity index (χ2n) is 1.99. The first kappa shape index (κ1) is 7.31. The van der Waals surface area contributed by atoms with E-state index in [0.717, 1.165) is 5.69 Å². The molecule has 0 N–H and O–H groups in total. The first-order valence-electron chi connectivity index (χ1n) is 3.16. The minimum absolute atomic E-state index is 0.315. The zero-order valence-electron chi connectivity index (χ0n) is 5.91. The van der Waals surface area contributed by atoms with Crippen molar-refractivity contribution in [2.24, 2.45) is 0 Å². The van der Waals surface area contributed by atoms with Crippen LogP contribution in [-0.4, -0.2) is 4.98 Å². The van der Waals surface area contributed by atoms with Crippen LogP contribution < -0.4 is 0 Å². The summed E-state index contributed by atoms with van der Waals surface area (Å²) in [6.45, 7) is 0. The summed E-state index contributed by atoms with van der Waals surface area (Å²) in [5.41, 5.74) is 1.31. The van der Waals surface area contributed by atoms with Crippen molar-refractivity contribution < 1.29 is 0 Å². The van der Waals surface area contributed by atoms with Gasteiger partial charge in [-0.25, -0.2) is 4.98 Å². The molecule has 0 unspecified atom stereocenters. The molecule has 0 fully saturated rings. The number of hydrogen-bond acceptors (Lipinski definition) is 2. The lowest BCUT2D eigenvalue weighted by Gasteiger charge is -1.92. The summed E-state index contributed by atoms with van der Waals surface area (Å²) >= 11 is 0. The molecular formula is C9H6N2. The van der Waals surface area contributed by atoms with Gasteiger partial charge in [-0.1, -0.05) is 12.0 Å². The number of terminal acetylenes is 1. The molecule has 0 aliphatic rings. The Bertz CT molecular complexity index is 328. The average Bonchev–Trinajstić information content (AvgIpc) is 2.06. The van der Waals surface area contributed by atoms with Crippen LogP contribution >= 0.6 is 0 Å². The van der Waals surface area contributed by atoms with Crippen LogP contribution in [0.3, 0.4) is 0 Å². The fraction of sp³-hybridized carbons (Fsp3) is 0.111. The van der Waals surface area contributed by atoms with Crippen molar-refractivity contribution >= 4 is 0 Å². The van der Waals surface area contributed by atoms with Crippen molar-refractivity contribution in [3.8, 4) is 18.4 Å². The van der Waals surface area contributed by atoms with Gasteiger partial charge in [0.1, 0.15) is 5.69 Å². The Hall–Kier alpha value is -1.80. The third-order valence-electron chi connectivity index (χ3n) is 1.21. The maximum absolute atomic E-state index is 8.34. The van der Waals surface area contributed by atoms with Crippen molar-refractivity contribution in [3.63, 3.8) is 0 Å². The molecule has 52 valence electrons. The Balaban J connectivity index is 2.96. The largest absolute Gasteiger partial charge is 0.243 e. The topological polar surface area (TPSA) is 36.7 Å². The molecule has 0 atom stereocenters. The smallest absolute Gasteiger partial charge is 0.113 e. The maximum Gasteiger partial charge on any atom is 0.113 e. The summed E-state index contributed by atoms with van der Waals surface area (Å²) in [4.78, 5) is 4.02. The lowest BCUT2D eigenvalue weighted by atomic mass is 10.2. The SMILES string of the molecule is C#Cc1cccc(CC#N)n1. The second kappa shape index (κ2) is 3.39. The van der Waals surface area contributed by atoms with Crippen LogP contribution in [0.25, 0.3) is 0 Å². The van der Waals surface area contributed by atoms with Gasteiger partial charge in [-0.2, -0.15) is 5.26 Å². The standard InChI is InChI=1S/C9H6N2/c1-2-8-4-3-5-9(11-8)6-7-10/h1,3-5H,6H2. The number of nitriles is 1. The number of nitrogens with zero attached hydrogens (tertiary/aromatic N) is 2. The van der Waals surface area contributed by atoms with E-state index in [9.17, 15) is 0 Å². The predicted molar refractivity (Wildman–Crippen MR) is 41.5 cm³/mol. The third kappa shape index (κ3) is 1.81. The lowest BCUT2D eigenvalue weighted by molar-refractivity contribution is 1.10. The normalized spacial score (nSPS) is 8.18. The average molecular weight is 142 g/mol. The van der Waals surface area contributed by atoms with E-state index < -0.39 is 0 Å². The van der Waals surface area contributed by atoms with Gasteiger partial charge in [0.15, 0.2) is 0 Å². The van der Waals surface area contributed by atoms with E-state index in [1.807, 2.05) is 6.07 Å². The van der Waals surface area contributed by atoms with Crippen molar-refractivity contribution in [1.29, 1.82) is 5.26 Å². The first-order chi connectivity index (χ1) is 5.36. The van der Waals surface area contributed by atoms with Crippen molar-refractivity contribution in [3.05, 3.63) is 29.6 Å². The molecule has 2 heteroatoms. The minimum atomic E-state index is 0.315. The molecule has 0 amide bonds. The van der Waals surface area contributed by atoms with Gasteiger partial charge in [-0.15, -0.1) is 6.42 Å².